The molecule has 1 aliphatic rings. The molecule has 2 bridgehead atoms. The number of rotatable bonds is 0. The lowest BCUT2D eigenvalue weighted by molar-refractivity contribution is 0.328. The van der Waals surface area contributed by atoms with E-state index in [4.69, 9.17) is 27.9 Å². The summed E-state index contributed by atoms with van der Waals surface area (Å²) < 4.78 is 5.15. The van der Waals surface area contributed by atoms with Crippen molar-refractivity contribution in [2.24, 2.45) is 0 Å². The summed E-state index contributed by atoms with van der Waals surface area (Å²) in [6.07, 6.45) is 0. The molecule has 0 atom stereocenters. The van der Waals surface area contributed by atoms with Gasteiger partial charge in [-0.3, -0.25) is 0 Å². The number of hydrogen-bond acceptors (Lipinski definition) is 1. The van der Waals surface area contributed by atoms with Gasteiger partial charge in [0.25, 0.3) is 0 Å². The van der Waals surface area contributed by atoms with Crippen LogP contribution >= 0.6 is 23.2 Å². The molecule has 3 heteroatoms. The second kappa shape index (κ2) is 2.04. The van der Waals surface area contributed by atoms with Gasteiger partial charge in [-0.25, -0.2) is 0 Å². The van der Waals surface area contributed by atoms with E-state index in [2.05, 4.69) is 6.07 Å². The zero-order chi connectivity index (χ0) is 7.14. The van der Waals surface area contributed by atoms with Gasteiger partial charge < -0.3 is 4.74 Å². The highest BCUT2D eigenvalue weighted by Crippen LogP contribution is 2.40. The van der Waals surface area contributed by atoms with E-state index in [0.717, 1.165) is 5.56 Å². The Kier molecular flexibility index (Phi) is 1.29. The maximum atomic E-state index is 5.82. The summed E-state index contributed by atoms with van der Waals surface area (Å²) in [6.45, 7) is 0.525. The van der Waals surface area contributed by atoms with E-state index in [9.17, 15) is 0 Å². The van der Waals surface area contributed by atoms with Crippen molar-refractivity contribution < 1.29 is 4.74 Å². The zero-order valence-electron chi connectivity index (χ0n) is 4.95. The molecular weight excluding hydrogens is 171 g/mol. The third-order valence-corrected chi connectivity index (χ3v) is 2.12. The lowest BCUT2D eigenvalue weighted by Gasteiger charge is -1.94. The summed E-state index contributed by atoms with van der Waals surface area (Å²) in [6, 6.07) is 4.58. The SMILES string of the molecule is Clc1[c]cc2c(Cl)c1OC2. The summed E-state index contributed by atoms with van der Waals surface area (Å²) in [5.74, 6) is 0.570. The summed E-state index contributed by atoms with van der Waals surface area (Å²) in [4.78, 5) is 0. The molecule has 1 aromatic rings. The average molecular weight is 174 g/mol. The second-order valence-corrected chi connectivity index (χ2v) is 2.82. The molecule has 1 aromatic carbocycles. The third kappa shape index (κ3) is 0.710. The van der Waals surface area contributed by atoms with Crippen LogP contribution in [0.15, 0.2) is 6.07 Å². The Morgan fingerprint density at radius 1 is 1.50 bits per heavy atom. The predicted octanol–water partition coefficient (Wildman–Crippen LogP) is 2.69. The maximum Gasteiger partial charge on any atom is 0.158 e. The Morgan fingerprint density at radius 3 is 3.00 bits per heavy atom. The van der Waals surface area contributed by atoms with Gasteiger partial charge in [0.1, 0.15) is 6.61 Å². The van der Waals surface area contributed by atoms with E-state index in [1.807, 2.05) is 0 Å². The highest BCUT2D eigenvalue weighted by atomic mass is 35.5. The van der Waals surface area contributed by atoms with Gasteiger partial charge in [-0.2, -0.15) is 0 Å². The summed E-state index contributed by atoms with van der Waals surface area (Å²) in [5.41, 5.74) is 0.959. The molecular formula is C7H3Cl2O. The molecule has 1 aliphatic heterocycles. The monoisotopic (exact) mass is 173 g/mol. The van der Waals surface area contributed by atoms with Gasteiger partial charge in [0.2, 0.25) is 0 Å². The number of ether oxygens (including phenoxy) is 1. The van der Waals surface area contributed by atoms with Crippen molar-refractivity contribution in [2.75, 3.05) is 0 Å². The number of hydrogen-bond donors (Lipinski definition) is 0. The third-order valence-electron chi connectivity index (χ3n) is 1.43. The molecule has 0 aromatic heterocycles. The first-order valence-corrected chi connectivity index (χ1v) is 3.56. The van der Waals surface area contributed by atoms with Crippen LogP contribution in [0.5, 0.6) is 5.75 Å². The van der Waals surface area contributed by atoms with Crippen LogP contribution in [0.3, 0.4) is 0 Å². The first-order valence-electron chi connectivity index (χ1n) is 2.80. The van der Waals surface area contributed by atoms with Crippen molar-refractivity contribution in [1.82, 2.24) is 0 Å². The highest BCUT2D eigenvalue weighted by Gasteiger charge is 2.18. The van der Waals surface area contributed by atoms with E-state index in [1.165, 1.54) is 0 Å². The Morgan fingerprint density at radius 2 is 2.30 bits per heavy atom. The molecule has 1 heterocycles. The van der Waals surface area contributed by atoms with Crippen LogP contribution in [-0.4, -0.2) is 0 Å². The molecule has 0 spiro atoms. The largest absolute Gasteiger partial charge is 0.486 e. The molecule has 51 valence electrons. The fourth-order valence-electron chi connectivity index (χ4n) is 0.903. The first-order chi connectivity index (χ1) is 4.79. The molecule has 0 aliphatic carbocycles. The molecule has 0 unspecified atom stereocenters. The van der Waals surface area contributed by atoms with E-state index in [0.29, 0.717) is 22.4 Å². The van der Waals surface area contributed by atoms with Crippen molar-refractivity contribution in [3.63, 3.8) is 0 Å². The molecule has 10 heavy (non-hydrogen) atoms. The summed E-state index contributed by atoms with van der Waals surface area (Å²) in [5, 5.41) is 1.09. The summed E-state index contributed by atoms with van der Waals surface area (Å²) in [7, 11) is 0. The Balaban J connectivity index is 2.73. The van der Waals surface area contributed by atoms with Crippen LogP contribution < -0.4 is 4.74 Å². The molecule has 1 radical (unpaired) electrons. The minimum Gasteiger partial charge on any atom is -0.486 e. The van der Waals surface area contributed by atoms with Crippen molar-refractivity contribution in [3.05, 3.63) is 27.7 Å². The van der Waals surface area contributed by atoms with Gasteiger partial charge >= 0.3 is 0 Å². The maximum absolute atomic E-state index is 5.82. The Labute approximate surface area is 68.5 Å². The molecule has 0 saturated carbocycles. The van der Waals surface area contributed by atoms with Gasteiger partial charge in [0.15, 0.2) is 5.75 Å². The van der Waals surface area contributed by atoms with Crippen LogP contribution in [0.1, 0.15) is 5.56 Å². The van der Waals surface area contributed by atoms with E-state index in [1.54, 1.807) is 6.07 Å². The fourth-order valence-corrected chi connectivity index (χ4v) is 1.41. The minimum absolute atomic E-state index is 0.464. The van der Waals surface area contributed by atoms with Gasteiger partial charge in [-0.05, 0) is 6.07 Å². The molecule has 0 N–H and O–H groups in total. The number of benzene rings is 1. The molecule has 0 amide bonds. The van der Waals surface area contributed by atoms with E-state index >= 15 is 0 Å². The average Bonchev–Trinajstić information content (AvgIpc) is 2.13. The van der Waals surface area contributed by atoms with Crippen molar-refractivity contribution in [3.8, 4) is 5.75 Å². The van der Waals surface area contributed by atoms with Crippen LogP contribution in [0, 0.1) is 6.07 Å². The van der Waals surface area contributed by atoms with Crippen LogP contribution in [0.25, 0.3) is 0 Å². The fraction of sp³-hybridized carbons (Fsp3) is 0.143. The topological polar surface area (TPSA) is 9.23 Å². The first kappa shape index (κ1) is 6.32. The van der Waals surface area contributed by atoms with Crippen LogP contribution in [0.4, 0.5) is 0 Å². The van der Waals surface area contributed by atoms with Crippen molar-refractivity contribution in [2.45, 2.75) is 6.61 Å². The molecule has 0 saturated heterocycles. The van der Waals surface area contributed by atoms with E-state index < -0.39 is 0 Å². The standard InChI is InChI=1S/C7H3Cl2O/c8-5-2-1-4-3-10-7(5)6(4)9/h1H,3H2. The number of halogens is 2. The lowest BCUT2D eigenvalue weighted by atomic mass is 10.2. The Hall–Kier alpha value is -0.400. The highest BCUT2D eigenvalue weighted by molar-refractivity contribution is 6.37. The van der Waals surface area contributed by atoms with Crippen LogP contribution in [-0.2, 0) is 6.61 Å². The van der Waals surface area contributed by atoms with Gasteiger partial charge in [0.05, 0.1) is 10.0 Å². The zero-order valence-corrected chi connectivity index (χ0v) is 6.46. The number of fused-ring (bicyclic) bond motifs is 2. The minimum atomic E-state index is 0.464. The smallest absolute Gasteiger partial charge is 0.158 e. The molecule has 0 fully saturated rings. The van der Waals surface area contributed by atoms with E-state index in [-0.39, 0.29) is 0 Å². The normalized spacial score (nSPS) is 13.4. The predicted molar refractivity (Wildman–Crippen MR) is 39.6 cm³/mol. The van der Waals surface area contributed by atoms with Crippen molar-refractivity contribution in [1.29, 1.82) is 0 Å². The van der Waals surface area contributed by atoms with Gasteiger partial charge in [-0.15, -0.1) is 0 Å². The second-order valence-electron chi connectivity index (χ2n) is 2.06. The van der Waals surface area contributed by atoms with Crippen molar-refractivity contribution >= 4 is 23.2 Å². The van der Waals surface area contributed by atoms with Gasteiger partial charge in [0, 0.05) is 11.6 Å². The Bertz CT molecular complexity index is 283. The van der Waals surface area contributed by atoms with Crippen LogP contribution in [0.2, 0.25) is 10.0 Å². The van der Waals surface area contributed by atoms with Gasteiger partial charge in [-0.1, -0.05) is 23.2 Å². The molecule has 2 rings (SSSR count). The quantitative estimate of drug-likeness (QED) is 0.587. The molecule has 1 nitrogen and oxygen atoms in total. The summed E-state index contributed by atoms with van der Waals surface area (Å²) >= 11 is 11.5. The lowest BCUT2D eigenvalue weighted by Crippen LogP contribution is -1.81.